The van der Waals surface area contributed by atoms with Crippen LogP contribution in [0.1, 0.15) is 138 Å². The molecule has 2 aliphatic carbocycles. The predicted molar refractivity (Wildman–Crippen MR) is 186 cm³/mol. The zero-order valence-corrected chi connectivity index (χ0v) is 29.5. The van der Waals surface area contributed by atoms with Gasteiger partial charge in [-0.05, 0) is 114 Å². The van der Waals surface area contributed by atoms with Gasteiger partial charge in [0.2, 0.25) is 0 Å². The number of ether oxygens (including phenoxy) is 2. The second-order valence-electron chi connectivity index (χ2n) is 14.8. The highest BCUT2D eigenvalue weighted by Gasteiger charge is 2.51. The summed E-state index contributed by atoms with van der Waals surface area (Å²) >= 11 is 0. The van der Waals surface area contributed by atoms with E-state index in [1.165, 1.54) is 13.0 Å². The van der Waals surface area contributed by atoms with E-state index in [1.807, 2.05) is 32.9 Å². The van der Waals surface area contributed by atoms with Gasteiger partial charge in [-0.3, -0.25) is 4.79 Å². The fourth-order valence-corrected chi connectivity index (χ4v) is 8.03. The van der Waals surface area contributed by atoms with Gasteiger partial charge in [-0.2, -0.15) is 0 Å². The second-order valence-corrected chi connectivity index (χ2v) is 14.8. The first-order chi connectivity index (χ1) is 22.6. The van der Waals surface area contributed by atoms with E-state index < -0.39 is 35.1 Å². The summed E-state index contributed by atoms with van der Waals surface area (Å²) in [6.45, 7) is 13.1. The Balaban J connectivity index is 1.58. The number of carbonyl (C=O) groups excluding carboxylic acids is 2. The molecule has 1 aliphatic heterocycles. The highest BCUT2D eigenvalue weighted by Crippen LogP contribution is 2.54. The van der Waals surface area contributed by atoms with Crippen molar-refractivity contribution in [1.82, 2.24) is 0 Å². The third-order valence-corrected chi connectivity index (χ3v) is 10.7. The number of esters is 1. The maximum Gasteiger partial charge on any atom is 0.342 e. The lowest BCUT2D eigenvalue weighted by atomic mass is 9.70. The van der Waals surface area contributed by atoms with Gasteiger partial charge in [-0.25, -0.2) is 4.79 Å². The maximum absolute atomic E-state index is 14.3. The fourth-order valence-electron chi connectivity index (χ4n) is 8.03. The largest absolute Gasteiger partial charge is 0.507 e. The monoisotopic (exact) mass is 660 g/mol. The van der Waals surface area contributed by atoms with Gasteiger partial charge in [0.05, 0.1) is 5.56 Å². The third kappa shape index (κ3) is 6.48. The Kier molecular flexibility index (Phi) is 10.1. The van der Waals surface area contributed by atoms with Crippen molar-refractivity contribution in [2.45, 2.75) is 136 Å². The summed E-state index contributed by atoms with van der Waals surface area (Å²) in [5, 5.41) is 46.5. The smallest absolute Gasteiger partial charge is 0.342 e. The fraction of sp³-hybridized carbons (Fsp3) is 0.550. The van der Waals surface area contributed by atoms with Crippen LogP contribution in [-0.4, -0.2) is 49.5 Å². The lowest BCUT2D eigenvalue weighted by Gasteiger charge is -2.47. The number of aliphatic hydroxyl groups is 1. The number of fused-ring (bicyclic) bond motifs is 2. The Morgan fingerprint density at radius 1 is 0.979 bits per heavy atom. The van der Waals surface area contributed by atoms with Crippen molar-refractivity contribution >= 4 is 17.3 Å². The molecule has 2 aromatic rings. The first-order valence-corrected chi connectivity index (χ1v) is 17.6. The number of phenols is 3. The van der Waals surface area contributed by atoms with Gasteiger partial charge in [0.25, 0.3) is 0 Å². The molecule has 4 N–H and O–H groups in total. The maximum atomic E-state index is 14.3. The molecule has 3 aliphatic rings. The molecule has 4 atom stereocenters. The molecule has 0 aromatic heterocycles. The third-order valence-electron chi connectivity index (χ3n) is 10.7. The number of hydrogen-bond donors (Lipinski definition) is 4. The SMILES string of the molecule is CCCCCc1cc(O)c([C@@H]2C=C(C)CC[C@H]2C(C)=O)c(O)c1C(=O)OC1(C)CCC2=C(c3c(O)cc(CCC)cc3OC2(C)C)C1O. The van der Waals surface area contributed by atoms with Crippen LogP contribution in [0.3, 0.4) is 0 Å². The number of hydrogen-bond acceptors (Lipinski definition) is 8. The van der Waals surface area contributed by atoms with Crippen LogP contribution in [0.5, 0.6) is 23.0 Å². The van der Waals surface area contributed by atoms with Gasteiger partial charge in [-0.15, -0.1) is 0 Å². The molecule has 5 rings (SSSR count). The molecule has 0 amide bonds. The summed E-state index contributed by atoms with van der Waals surface area (Å²) in [5.74, 6) is -1.98. The van der Waals surface area contributed by atoms with E-state index in [-0.39, 0.29) is 40.6 Å². The van der Waals surface area contributed by atoms with Crippen molar-refractivity contribution in [2.75, 3.05) is 0 Å². The Morgan fingerprint density at radius 2 is 1.71 bits per heavy atom. The van der Waals surface area contributed by atoms with E-state index >= 15 is 0 Å². The number of unbranched alkanes of at least 4 members (excludes halogenated alkanes) is 2. The molecule has 260 valence electrons. The van der Waals surface area contributed by atoms with Crippen LogP contribution in [0, 0.1) is 5.92 Å². The van der Waals surface area contributed by atoms with Gasteiger partial charge in [0.1, 0.15) is 51.7 Å². The number of carbonyl (C=O) groups is 2. The van der Waals surface area contributed by atoms with Crippen LogP contribution in [0.25, 0.3) is 5.57 Å². The molecule has 0 bridgehead atoms. The number of aromatic hydroxyl groups is 3. The van der Waals surface area contributed by atoms with Gasteiger partial charge in [0, 0.05) is 23.0 Å². The standard InChI is InChI=1S/C40H52O8/c1-8-10-11-13-25-21-30(43)33(27-18-22(3)14-15-26(27)23(4)41)36(44)32(25)38(46)48-40(7)17-16-28-34(37(40)45)35-29(42)19-24(12-9-2)20-31(35)47-39(28,5)6/h18-21,26-27,37,42-45H,8-17H2,1-7H3/t26-,27+,37?,40?/m0/s1. The van der Waals surface area contributed by atoms with E-state index in [1.54, 1.807) is 13.0 Å². The van der Waals surface area contributed by atoms with Crippen LogP contribution in [-0.2, 0) is 22.4 Å². The zero-order valence-electron chi connectivity index (χ0n) is 29.5. The van der Waals surface area contributed by atoms with Crippen molar-refractivity contribution in [1.29, 1.82) is 0 Å². The first kappa shape index (κ1) is 35.5. The molecular formula is C40H52O8. The second kappa shape index (κ2) is 13.6. The number of Topliss-reactive ketones (excluding diaryl/α,β-unsaturated/α-hetero) is 1. The highest BCUT2D eigenvalue weighted by molar-refractivity contribution is 5.96. The molecule has 0 saturated carbocycles. The summed E-state index contributed by atoms with van der Waals surface area (Å²) in [7, 11) is 0. The number of benzene rings is 2. The number of phenolic OH excluding ortho intramolecular Hbond substituents is 3. The van der Waals surface area contributed by atoms with E-state index in [0.717, 1.165) is 55.2 Å². The number of aliphatic hydroxyl groups excluding tert-OH is 1. The molecular weight excluding hydrogens is 608 g/mol. The molecule has 2 unspecified atom stereocenters. The number of ketones is 1. The minimum absolute atomic E-state index is 0.00321. The average molecular weight is 661 g/mol. The first-order valence-electron chi connectivity index (χ1n) is 17.6. The van der Waals surface area contributed by atoms with Crippen molar-refractivity contribution in [3.63, 3.8) is 0 Å². The molecule has 8 heteroatoms. The highest BCUT2D eigenvalue weighted by atomic mass is 16.6. The summed E-state index contributed by atoms with van der Waals surface area (Å²) in [5.41, 5.74) is 2.08. The molecule has 0 spiro atoms. The summed E-state index contributed by atoms with van der Waals surface area (Å²) in [6.07, 6.45) is 7.29. The molecule has 1 heterocycles. The topological polar surface area (TPSA) is 134 Å². The predicted octanol–water partition coefficient (Wildman–Crippen LogP) is 8.21. The van der Waals surface area contributed by atoms with Crippen LogP contribution < -0.4 is 4.74 Å². The number of aryl methyl sites for hydroxylation is 2. The average Bonchev–Trinajstić information content (AvgIpc) is 2.98. The molecule has 0 saturated heterocycles. The van der Waals surface area contributed by atoms with E-state index in [0.29, 0.717) is 41.7 Å². The van der Waals surface area contributed by atoms with Crippen LogP contribution in [0.4, 0.5) is 0 Å². The molecule has 48 heavy (non-hydrogen) atoms. The van der Waals surface area contributed by atoms with E-state index in [9.17, 15) is 30.0 Å². The van der Waals surface area contributed by atoms with Crippen molar-refractivity contribution < 1.29 is 39.5 Å². The normalized spacial score (nSPS) is 24.7. The van der Waals surface area contributed by atoms with Gasteiger partial charge < -0.3 is 29.9 Å². The van der Waals surface area contributed by atoms with Gasteiger partial charge >= 0.3 is 5.97 Å². The van der Waals surface area contributed by atoms with Gasteiger partial charge in [0.15, 0.2) is 0 Å². The minimum Gasteiger partial charge on any atom is -0.507 e. The number of allylic oxidation sites excluding steroid dienone is 2. The summed E-state index contributed by atoms with van der Waals surface area (Å²) < 4.78 is 12.6. The Labute approximate surface area is 284 Å². The van der Waals surface area contributed by atoms with E-state index in [4.69, 9.17) is 9.47 Å². The van der Waals surface area contributed by atoms with Crippen LogP contribution >= 0.6 is 0 Å². The minimum atomic E-state index is -1.41. The quantitative estimate of drug-likeness (QED) is 0.114. The Bertz CT molecular complexity index is 1660. The van der Waals surface area contributed by atoms with Crippen LogP contribution in [0.2, 0.25) is 0 Å². The zero-order chi connectivity index (χ0) is 35.1. The summed E-state index contributed by atoms with van der Waals surface area (Å²) in [4.78, 5) is 27.0. The van der Waals surface area contributed by atoms with E-state index in [2.05, 4.69) is 13.8 Å². The number of rotatable bonds is 10. The molecule has 2 aromatic carbocycles. The summed E-state index contributed by atoms with van der Waals surface area (Å²) in [6, 6.07) is 5.14. The van der Waals surface area contributed by atoms with Crippen molar-refractivity contribution in [3.8, 4) is 23.0 Å². The molecule has 8 nitrogen and oxygen atoms in total. The van der Waals surface area contributed by atoms with Crippen molar-refractivity contribution in [2.24, 2.45) is 5.92 Å². The Morgan fingerprint density at radius 3 is 2.38 bits per heavy atom. The van der Waals surface area contributed by atoms with Crippen molar-refractivity contribution in [3.05, 3.63) is 63.2 Å². The Hall–Kier alpha value is -3.78. The lowest BCUT2D eigenvalue weighted by molar-refractivity contribution is -0.121. The molecule has 0 radical (unpaired) electrons. The van der Waals surface area contributed by atoms with Gasteiger partial charge in [-0.1, -0.05) is 44.8 Å². The van der Waals surface area contributed by atoms with Crippen LogP contribution in [0.15, 0.2) is 35.4 Å². The molecule has 0 fully saturated rings. The lowest BCUT2D eigenvalue weighted by Crippen LogP contribution is -2.50.